The number of aliphatic imine (C=N–C) groups is 1. The van der Waals surface area contributed by atoms with Gasteiger partial charge in [-0.3, -0.25) is 15.1 Å². The third-order valence-corrected chi connectivity index (χ3v) is 3.64. The number of phenols is 2. The summed E-state index contributed by atoms with van der Waals surface area (Å²) in [5, 5.41) is 40.3. The van der Waals surface area contributed by atoms with E-state index < -0.39 is 28.5 Å². The van der Waals surface area contributed by atoms with Crippen LogP contribution in [-0.2, 0) is 0 Å². The molecule has 7 nitrogen and oxygen atoms in total. The molecular weight excluding hydrogens is 336 g/mol. The maximum absolute atomic E-state index is 10.9. The van der Waals surface area contributed by atoms with Crippen LogP contribution in [0.5, 0.6) is 11.5 Å². The van der Waals surface area contributed by atoms with Crippen LogP contribution in [0.4, 0.5) is 5.69 Å². The fourth-order valence-electron chi connectivity index (χ4n) is 2.07. The van der Waals surface area contributed by atoms with Gasteiger partial charge in [-0.15, -0.1) is 0 Å². The number of phenolic OH excluding ortho intramolecular Hbond substituents is 2. The number of rotatable bonds is 5. The summed E-state index contributed by atoms with van der Waals surface area (Å²) in [5.41, 5.74) is 0.119. The number of nitro benzene ring substituents is 1. The quantitative estimate of drug-likeness (QED) is 0.435. The SMILES string of the molecule is C[C@@H](N=Cc1cc(Cl)cc([N+](=O)[O-])c1O)[C@@H](O)c1ccc(O)cc1. The van der Waals surface area contributed by atoms with Crippen molar-refractivity contribution < 1.29 is 20.2 Å². The van der Waals surface area contributed by atoms with Gasteiger partial charge in [-0.2, -0.15) is 0 Å². The number of aliphatic hydroxyl groups excluding tert-OH is 1. The van der Waals surface area contributed by atoms with E-state index in [0.717, 1.165) is 6.07 Å². The number of halogens is 1. The predicted octanol–water partition coefficient (Wildman–Crippen LogP) is 3.20. The minimum Gasteiger partial charge on any atom is -0.508 e. The van der Waals surface area contributed by atoms with E-state index in [1.54, 1.807) is 19.1 Å². The summed E-state index contributed by atoms with van der Waals surface area (Å²) in [4.78, 5) is 14.2. The summed E-state index contributed by atoms with van der Waals surface area (Å²) in [6.07, 6.45) is 0.279. The first-order valence-corrected chi connectivity index (χ1v) is 7.34. The smallest absolute Gasteiger partial charge is 0.312 e. The zero-order valence-corrected chi connectivity index (χ0v) is 13.4. The molecule has 2 aromatic rings. The first kappa shape index (κ1) is 17.7. The minimum atomic E-state index is -0.946. The maximum Gasteiger partial charge on any atom is 0.312 e. The second kappa shape index (κ2) is 7.29. The van der Waals surface area contributed by atoms with E-state index in [2.05, 4.69) is 4.99 Å². The molecule has 0 aromatic heterocycles. The maximum atomic E-state index is 10.9. The molecule has 2 rings (SSSR count). The van der Waals surface area contributed by atoms with Gasteiger partial charge >= 0.3 is 5.69 Å². The lowest BCUT2D eigenvalue weighted by molar-refractivity contribution is -0.385. The summed E-state index contributed by atoms with van der Waals surface area (Å²) in [7, 11) is 0. The van der Waals surface area contributed by atoms with E-state index in [-0.39, 0.29) is 16.3 Å². The van der Waals surface area contributed by atoms with Gasteiger partial charge in [0.1, 0.15) is 11.9 Å². The van der Waals surface area contributed by atoms with Gasteiger partial charge in [-0.25, -0.2) is 0 Å². The van der Waals surface area contributed by atoms with Crippen molar-refractivity contribution in [3.63, 3.8) is 0 Å². The molecule has 8 heteroatoms. The standard InChI is InChI=1S/C16H15ClN2O5/c1-9(15(21)10-2-4-13(20)5-3-10)18-8-11-6-12(17)7-14(16(11)22)19(23)24/h2-9,15,20-22H,1H3/t9-,15-/m1/s1. The summed E-state index contributed by atoms with van der Waals surface area (Å²) in [6, 6.07) is 7.81. The zero-order valence-electron chi connectivity index (χ0n) is 12.6. The lowest BCUT2D eigenvalue weighted by atomic mass is 10.0. The number of hydrogen-bond acceptors (Lipinski definition) is 6. The van der Waals surface area contributed by atoms with Crippen molar-refractivity contribution in [2.24, 2.45) is 4.99 Å². The van der Waals surface area contributed by atoms with Gasteiger partial charge < -0.3 is 15.3 Å². The fourth-order valence-corrected chi connectivity index (χ4v) is 2.29. The van der Waals surface area contributed by atoms with Crippen molar-refractivity contribution in [1.29, 1.82) is 0 Å². The van der Waals surface area contributed by atoms with E-state index in [0.29, 0.717) is 5.56 Å². The van der Waals surface area contributed by atoms with Crippen molar-refractivity contribution >= 4 is 23.5 Å². The van der Waals surface area contributed by atoms with Gasteiger partial charge in [0.05, 0.1) is 11.0 Å². The first-order valence-electron chi connectivity index (χ1n) is 6.96. The molecule has 0 amide bonds. The molecule has 0 aliphatic heterocycles. The highest BCUT2D eigenvalue weighted by atomic mass is 35.5. The van der Waals surface area contributed by atoms with Crippen LogP contribution in [-0.4, -0.2) is 32.5 Å². The summed E-state index contributed by atoms with van der Waals surface area (Å²) < 4.78 is 0. The Hall–Kier alpha value is -2.64. The Bertz CT molecular complexity index is 777. The average Bonchev–Trinajstić information content (AvgIpc) is 2.54. The number of hydrogen-bond donors (Lipinski definition) is 3. The van der Waals surface area contributed by atoms with E-state index in [4.69, 9.17) is 11.6 Å². The molecule has 0 fully saturated rings. The third kappa shape index (κ3) is 4.01. The van der Waals surface area contributed by atoms with Gasteiger partial charge in [0.25, 0.3) is 0 Å². The predicted molar refractivity (Wildman–Crippen MR) is 89.9 cm³/mol. The Morgan fingerprint density at radius 2 is 1.88 bits per heavy atom. The Labute approximate surface area is 142 Å². The number of aliphatic hydroxyl groups is 1. The van der Waals surface area contributed by atoms with Crippen LogP contribution in [0.2, 0.25) is 5.02 Å². The molecule has 3 N–H and O–H groups in total. The molecule has 0 saturated heterocycles. The second-order valence-corrected chi connectivity index (χ2v) is 5.61. The van der Waals surface area contributed by atoms with E-state index >= 15 is 0 Å². The third-order valence-electron chi connectivity index (χ3n) is 3.42. The molecular formula is C16H15ClN2O5. The van der Waals surface area contributed by atoms with E-state index in [9.17, 15) is 25.4 Å². The fraction of sp³-hybridized carbons (Fsp3) is 0.188. The molecule has 0 heterocycles. The molecule has 0 bridgehead atoms. The molecule has 0 radical (unpaired) electrons. The molecule has 2 atom stereocenters. The lowest BCUT2D eigenvalue weighted by Gasteiger charge is -2.15. The largest absolute Gasteiger partial charge is 0.508 e. The van der Waals surface area contributed by atoms with Crippen molar-refractivity contribution in [3.05, 3.63) is 62.7 Å². The van der Waals surface area contributed by atoms with Crippen molar-refractivity contribution in [2.45, 2.75) is 19.1 Å². The lowest BCUT2D eigenvalue weighted by Crippen LogP contribution is -2.12. The average molecular weight is 351 g/mol. The molecule has 0 aliphatic rings. The van der Waals surface area contributed by atoms with Crippen molar-refractivity contribution in [3.8, 4) is 11.5 Å². The minimum absolute atomic E-state index is 0.0817. The first-order chi connectivity index (χ1) is 11.3. The molecule has 0 saturated carbocycles. The van der Waals surface area contributed by atoms with E-state index in [1.165, 1.54) is 24.4 Å². The molecule has 0 aliphatic carbocycles. The Balaban J connectivity index is 2.24. The molecule has 24 heavy (non-hydrogen) atoms. The highest BCUT2D eigenvalue weighted by Crippen LogP contribution is 2.32. The van der Waals surface area contributed by atoms with Gasteiger partial charge in [0, 0.05) is 22.9 Å². The monoisotopic (exact) mass is 350 g/mol. The van der Waals surface area contributed by atoms with Crippen LogP contribution in [0, 0.1) is 10.1 Å². The number of nitro groups is 1. The highest BCUT2D eigenvalue weighted by Gasteiger charge is 2.19. The highest BCUT2D eigenvalue weighted by molar-refractivity contribution is 6.31. The van der Waals surface area contributed by atoms with Crippen LogP contribution in [0.25, 0.3) is 0 Å². The van der Waals surface area contributed by atoms with Crippen LogP contribution in [0.3, 0.4) is 0 Å². The molecule has 126 valence electrons. The summed E-state index contributed by atoms with van der Waals surface area (Å²) in [6.45, 7) is 1.64. The number of benzene rings is 2. The topological polar surface area (TPSA) is 116 Å². The molecule has 0 spiro atoms. The van der Waals surface area contributed by atoms with Gasteiger partial charge in [0.15, 0.2) is 0 Å². The Kier molecular flexibility index (Phi) is 5.38. The number of nitrogens with zero attached hydrogens (tertiary/aromatic N) is 2. The second-order valence-electron chi connectivity index (χ2n) is 5.18. The number of aromatic hydroxyl groups is 2. The molecule has 0 unspecified atom stereocenters. The van der Waals surface area contributed by atoms with Crippen LogP contribution in [0.1, 0.15) is 24.2 Å². The van der Waals surface area contributed by atoms with Crippen molar-refractivity contribution in [2.75, 3.05) is 0 Å². The van der Waals surface area contributed by atoms with Gasteiger partial charge in [-0.05, 0) is 30.7 Å². The van der Waals surface area contributed by atoms with Gasteiger partial charge in [-0.1, -0.05) is 23.7 Å². The van der Waals surface area contributed by atoms with Crippen LogP contribution < -0.4 is 0 Å². The Morgan fingerprint density at radius 1 is 1.25 bits per heavy atom. The van der Waals surface area contributed by atoms with E-state index in [1.807, 2.05) is 0 Å². The zero-order chi connectivity index (χ0) is 17.9. The van der Waals surface area contributed by atoms with Gasteiger partial charge in [0.2, 0.25) is 5.75 Å². The van der Waals surface area contributed by atoms with Crippen molar-refractivity contribution in [1.82, 2.24) is 0 Å². The summed E-state index contributed by atoms with van der Waals surface area (Å²) >= 11 is 5.80. The molecule has 2 aromatic carbocycles. The van der Waals surface area contributed by atoms with Crippen LogP contribution >= 0.6 is 11.6 Å². The summed E-state index contributed by atoms with van der Waals surface area (Å²) in [5.74, 6) is -0.460. The Morgan fingerprint density at radius 3 is 2.46 bits per heavy atom. The normalized spacial score (nSPS) is 13.8. The van der Waals surface area contributed by atoms with Crippen LogP contribution in [0.15, 0.2) is 41.4 Å².